The van der Waals surface area contributed by atoms with Gasteiger partial charge in [-0.25, -0.2) is 4.39 Å². The molecular weight excluding hydrogens is 187 g/mol. The van der Waals surface area contributed by atoms with Crippen molar-refractivity contribution < 1.29 is 13.5 Å². The van der Waals surface area contributed by atoms with Crippen LogP contribution in [0.4, 0.5) is 4.39 Å². The minimum atomic E-state index is -0.421. The highest BCUT2D eigenvalue weighted by Crippen LogP contribution is 2.24. The third-order valence-corrected chi connectivity index (χ3v) is 1.76. The maximum absolute atomic E-state index is 13.3. The van der Waals surface area contributed by atoms with Gasteiger partial charge in [-0.3, -0.25) is 0 Å². The molecule has 0 aliphatic heterocycles. The molecule has 1 aromatic carbocycles. The van der Waals surface area contributed by atoms with Crippen LogP contribution in [0.15, 0.2) is 29.0 Å². The van der Waals surface area contributed by atoms with Crippen LogP contribution in [-0.2, 0) is 0 Å². The van der Waals surface area contributed by atoms with Gasteiger partial charge in [0, 0.05) is 0 Å². The Hall–Kier alpha value is -1.91. The second-order valence-electron chi connectivity index (χ2n) is 2.59. The molecule has 0 saturated heterocycles. The molecule has 0 aliphatic rings. The molecule has 0 fully saturated rings. The Morgan fingerprint density at radius 3 is 2.93 bits per heavy atom. The van der Waals surface area contributed by atoms with Gasteiger partial charge in [0.25, 0.3) is 5.89 Å². The predicted octanol–water partition coefficient (Wildman–Crippen LogP) is 1.88. The molecule has 14 heavy (non-hydrogen) atoms. The zero-order chi connectivity index (χ0) is 9.97. The molecule has 2 aromatic rings. The average Bonchev–Trinajstić information content (AvgIpc) is 2.71. The van der Waals surface area contributed by atoms with Gasteiger partial charge >= 0.3 is 0 Å². The highest BCUT2D eigenvalue weighted by molar-refractivity contribution is 5.56. The molecule has 0 radical (unpaired) electrons. The quantitative estimate of drug-likeness (QED) is 0.732. The molecule has 5 heteroatoms. The van der Waals surface area contributed by atoms with Gasteiger partial charge in [-0.15, -0.1) is 10.2 Å². The van der Waals surface area contributed by atoms with Crippen LogP contribution in [0, 0.1) is 5.82 Å². The van der Waals surface area contributed by atoms with E-state index in [4.69, 9.17) is 9.15 Å². The summed E-state index contributed by atoms with van der Waals surface area (Å²) in [6, 6.07) is 4.32. The Morgan fingerprint density at radius 1 is 1.43 bits per heavy atom. The van der Waals surface area contributed by atoms with Crippen molar-refractivity contribution in [3.8, 4) is 17.2 Å². The third kappa shape index (κ3) is 1.44. The monoisotopic (exact) mass is 194 g/mol. The van der Waals surface area contributed by atoms with Crippen molar-refractivity contribution in [2.24, 2.45) is 0 Å². The van der Waals surface area contributed by atoms with Crippen LogP contribution < -0.4 is 4.74 Å². The van der Waals surface area contributed by atoms with Crippen LogP contribution in [0.1, 0.15) is 0 Å². The van der Waals surface area contributed by atoms with Gasteiger partial charge < -0.3 is 9.15 Å². The Labute approximate surface area is 79.3 Å². The van der Waals surface area contributed by atoms with Gasteiger partial charge in [0.15, 0.2) is 0 Å². The molecule has 0 saturated carbocycles. The van der Waals surface area contributed by atoms with E-state index in [1.807, 2.05) is 0 Å². The largest absolute Gasteiger partial charge is 0.497 e. The molecule has 0 spiro atoms. The van der Waals surface area contributed by atoms with E-state index in [0.717, 1.165) is 6.39 Å². The van der Waals surface area contributed by atoms with E-state index < -0.39 is 5.82 Å². The van der Waals surface area contributed by atoms with Crippen LogP contribution in [0.5, 0.6) is 5.75 Å². The maximum Gasteiger partial charge on any atom is 0.250 e. The van der Waals surface area contributed by atoms with E-state index >= 15 is 0 Å². The zero-order valence-corrected chi connectivity index (χ0v) is 7.40. The first kappa shape index (κ1) is 8.68. The summed E-state index contributed by atoms with van der Waals surface area (Å²) < 4.78 is 23.1. The zero-order valence-electron chi connectivity index (χ0n) is 7.40. The predicted molar refractivity (Wildman–Crippen MR) is 46.2 cm³/mol. The van der Waals surface area contributed by atoms with Gasteiger partial charge in [-0.05, 0) is 18.2 Å². The molecule has 0 amide bonds. The standard InChI is InChI=1S/C9H7FN2O2/c1-13-6-2-3-8(10)7(4-6)9-12-11-5-14-9/h2-5H,1H3. The second kappa shape index (κ2) is 3.45. The van der Waals surface area contributed by atoms with E-state index in [1.54, 1.807) is 0 Å². The molecule has 0 atom stereocenters. The summed E-state index contributed by atoms with van der Waals surface area (Å²) in [5.74, 6) is 0.260. The van der Waals surface area contributed by atoms with Crippen LogP contribution in [0.25, 0.3) is 11.5 Å². The fraction of sp³-hybridized carbons (Fsp3) is 0.111. The number of benzene rings is 1. The van der Waals surface area contributed by atoms with Gasteiger partial charge in [-0.2, -0.15) is 0 Å². The Balaban J connectivity index is 2.51. The lowest BCUT2D eigenvalue weighted by atomic mass is 10.2. The van der Waals surface area contributed by atoms with Gasteiger partial charge in [0.05, 0.1) is 12.7 Å². The second-order valence-corrected chi connectivity index (χ2v) is 2.59. The van der Waals surface area contributed by atoms with Gasteiger partial charge in [0.1, 0.15) is 11.6 Å². The average molecular weight is 194 g/mol. The number of ether oxygens (including phenoxy) is 1. The molecule has 4 nitrogen and oxygen atoms in total. The first-order valence-electron chi connectivity index (χ1n) is 3.91. The van der Waals surface area contributed by atoms with E-state index in [-0.39, 0.29) is 11.5 Å². The van der Waals surface area contributed by atoms with Crippen molar-refractivity contribution in [2.45, 2.75) is 0 Å². The third-order valence-electron chi connectivity index (χ3n) is 1.76. The molecule has 72 valence electrons. The SMILES string of the molecule is COc1ccc(F)c(-c2nnco2)c1. The van der Waals surface area contributed by atoms with Crippen LogP contribution in [0.3, 0.4) is 0 Å². The van der Waals surface area contributed by atoms with E-state index in [9.17, 15) is 4.39 Å². The van der Waals surface area contributed by atoms with Crippen molar-refractivity contribution in [3.05, 3.63) is 30.4 Å². The topological polar surface area (TPSA) is 48.2 Å². The number of aromatic nitrogens is 2. The summed E-state index contributed by atoms with van der Waals surface area (Å²) in [7, 11) is 1.50. The van der Waals surface area contributed by atoms with Gasteiger partial charge in [0.2, 0.25) is 6.39 Å². The van der Waals surface area contributed by atoms with Crippen molar-refractivity contribution in [1.82, 2.24) is 10.2 Å². The van der Waals surface area contributed by atoms with Crippen LogP contribution >= 0.6 is 0 Å². The molecule has 1 heterocycles. The fourth-order valence-corrected chi connectivity index (χ4v) is 1.09. The first-order chi connectivity index (χ1) is 6.81. The minimum Gasteiger partial charge on any atom is -0.497 e. The number of nitrogens with zero attached hydrogens (tertiary/aromatic N) is 2. The van der Waals surface area contributed by atoms with Crippen molar-refractivity contribution in [2.75, 3.05) is 7.11 Å². The highest BCUT2D eigenvalue weighted by atomic mass is 19.1. The molecule has 2 rings (SSSR count). The number of hydrogen-bond acceptors (Lipinski definition) is 4. The van der Waals surface area contributed by atoms with Crippen molar-refractivity contribution in [3.63, 3.8) is 0 Å². The lowest BCUT2D eigenvalue weighted by Crippen LogP contribution is -1.88. The summed E-state index contributed by atoms with van der Waals surface area (Å²) in [5, 5.41) is 7.08. The molecule has 0 bridgehead atoms. The summed E-state index contributed by atoms with van der Waals surface area (Å²) in [5.41, 5.74) is 0.238. The molecule has 0 N–H and O–H groups in total. The molecule has 0 aliphatic carbocycles. The first-order valence-corrected chi connectivity index (χ1v) is 3.91. The molecule has 0 unspecified atom stereocenters. The fourth-order valence-electron chi connectivity index (χ4n) is 1.09. The van der Waals surface area contributed by atoms with Crippen molar-refractivity contribution >= 4 is 0 Å². The summed E-state index contributed by atoms with van der Waals surface area (Å²) in [6.45, 7) is 0. The Bertz CT molecular complexity index is 428. The minimum absolute atomic E-state index is 0.140. The number of hydrogen-bond donors (Lipinski definition) is 0. The van der Waals surface area contributed by atoms with Crippen LogP contribution in [-0.4, -0.2) is 17.3 Å². The number of halogens is 1. The summed E-state index contributed by atoms with van der Waals surface area (Å²) in [4.78, 5) is 0. The Kier molecular flexibility index (Phi) is 2.14. The highest BCUT2D eigenvalue weighted by Gasteiger charge is 2.10. The summed E-state index contributed by atoms with van der Waals surface area (Å²) >= 11 is 0. The lowest BCUT2D eigenvalue weighted by molar-refractivity contribution is 0.413. The number of rotatable bonds is 2. The number of methoxy groups -OCH3 is 1. The van der Waals surface area contributed by atoms with Crippen molar-refractivity contribution in [1.29, 1.82) is 0 Å². The molecule has 1 aromatic heterocycles. The maximum atomic E-state index is 13.3. The van der Waals surface area contributed by atoms with Crippen LogP contribution in [0.2, 0.25) is 0 Å². The Morgan fingerprint density at radius 2 is 2.29 bits per heavy atom. The smallest absolute Gasteiger partial charge is 0.250 e. The molecular formula is C9H7FN2O2. The summed E-state index contributed by atoms with van der Waals surface area (Å²) in [6.07, 6.45) is 1.15. The van der Waals surface area contributed by atoms with E-state index in [2.05, 4.69) is 10.2 Å². The normalized spacial score (nSPS) is 10.1. The lowest BCUT2D eigenvalue weighted by Gasteiger charge is -2.01. The van der Waals surface area contributed by atoms with Gasteiger partial charge in [-0.1, -0.05) is 0 Å². The van der Waals surface area contributed by atoms with E-state index in [1.165, 1.54) is 25.3 Å². The van der Waals surface area contributed by atoms with E-state index in [0.29, 0.717) is 5.75 Å².